The average Bonchev–Trinajstić information content (AvgIpc) is 2.78. The lowest BCUT2D eigenvalue weighted by molar-refractivity contribution is 0.838. The molecule has 2 heterocycles. The largest absolute Gasteiger partial charge is 0.252 e. The SMILES string of the molecule is N#Cc1ncn(-c2ccc(Cl)c(C#N)n2)n1. The summed E-state index contributed by atoms with van der Waals surface area (Å²) in [6.45, 7) is 0. The van der Waals surface area contributed by atoms with Gasteiger partial charge >= 0.3 is 0 Å². The van der Waals surface area contributed by atoms with Crippen LogP contribution in [0.25, 0.3) is 5.82 Å². The third-order valence-electron chi connectivity index (χ3n) is 1.76. The summed E-state index contributed by atoms with van der Waals surface area (Å²) in [4.78, 5) is 7.69. The Bertz CT molecular complexity index is 618. The van der Waals surface area contributed by atoms with Crippen LogP contribution >= 0.6 is 11.6 Å². The van der Waals surface area contributed by atoms with Crippen LogP contribution in [0.4, 0.5) is 0 Å². The lowest BCUT2D eigenvalue weighted by Crippen LogP contribution is -2.00. The van der Waals surface area contributed by atoms with Gasteiger partial charge in [0.05, 0.1) is 5.02 Å². The normalized spacial score (nSPS) is 9.44. The van der Waals surface area contributed by atoms with Crippen LogP contribution in [-0.4, -0.2) is 19.7 Å². The number of pyridine rings is 1. The molecule has 0 atom stereocenters. The van der Waals surface area contributed by atoms with E-state index < -0.39 is 0 Å². The number of hydrogen-bond acceptors (Lipinski definition) is 5. The highest BCUT2D eigenvalue weighted by atomic mass is 35.5. The summed E-state index contributed by atoms with van der Waals surface area (Å²) in [5.41, 5.74) is 0.105. The van der Waals surface area contributed by atoms with E-state index >= 15 is 0 Å². The van der Waals surface area contributed by atoms with Crippen molar-refractivity contribution >= 4 is 11.6 Å². The Morgan fingerprint density at radius 3 is 2.69 bits per heavy atom. The fourth-order valence-corrected chi connectivity index (χ4v) is 1.21. The molecule has 2 rings (SSSR count). The van der Waals surface area contributed by atoms with Gasteiger partial charge in [-0.1, -0.05) is 11.6 Å². The molecule has 0 unspecified atom stereocenters. The van der Waals surface area contributed by atoms with Gasteiger partial charge in [0.15, 0.2) is 11.5 Å². The molecule has 0 spiro atoms. The van der Waals surface area contributed by atoms with Gasteiger partial charge in [-0.05, 0) is 12.1 Å². The maximum Gasteiger partial charge on any atom is 0.252 e. The maximum absolute atomic E-state index is 8.75. The fourth-order valence-electron chi connectivity index (χ4n) is 1.06. The van der Waals surface area contributed by atoms with E-state index in [0.717, 1.165) is 0 Å². The number of nitrogens with zero attached hydrogens (tertiary/aromatic N) is 6. The van der Waals surface area contributed by atoms with Crippen LogP contribution in [0, 0.1) is 22.7 Å². The van der Waals surface area contributed by atoms with E-state index in [1.54, 1.807) is 12.1 Å². The smallest absolute Gasteiger partial charge is 0.216 e. The first-order chi connectivity index (χ1) is 7.74. The molecule has 6 nitrogen and oxygen atoms in total. The Kier molecular flexibility index (Phi) is 2.50. The standard InChI is InChI=1S/C9H3ClN6/c10-6-1-2-9(14-7(6)3-11)16-5-13-8(4-12)15-16/h1-2,5H. The molecule has 0 N–H and O–H groups in total. The molecule has 0 aromatic carbocycles. The predicted octanol–water partition coefficient (Wildman–Crippen LogP) is 1.06. The summed E-state index contributed by atoms with van der Waals surface area (Å²) in [6.07, 6.45) is 1.34. The highest BCUT2D eigenvalue weighted by Gasteiger charge is 2.06. The molecule has 0 saturated carbocycles. The summed E-state index contributed by atoms with van der Waals surface area (Å²) < 4.78 is 1.30. The number of hydrogen-bond donors (Lipinski definition) is 0. The van der Waals surface area contributed by atoms with Crippen molar-refractivity contribution < 1.29 is 0 Å². The number of aromatic nitrogens is 4. The Hall–Kier alpha value is -2.44. The molecule has 0 amide bonds. The molecular weight excluding hydrogens is 228 g/mol. The second kappa shape index (κ2) is 3.97. The zero-order chi connectivity index (χ0) is 11.5. The summed E-state index contributed by atoms with van der Waals surface area (Å²) in [5.74, 6) is 0.421. The van der Waals surface area contributed by atoms with Crippen LogP contribution in [0.5, 0.6) is 0 Å². The summed E-state index contributed by atoms with van der Waals surface area (Å²) in [6, 6.07) is 6.77. The molecule has 76 valence electrons. The van der Waals surface area contributed by atoms with Crippen LogP contribution in [0.2, 0.25) is 5.02 Å². The van der Waals surface area contributed by atoms with Crippen LogP contribution in [-0.2, 0) is 0 Å². The van der Waals surface area contributed by atoms with Gasteiger partial charge in [0.2, 0.25) is 0 Å². The van der Waals surface area contributed by atoms with Crippen LogP contribution in [0.1, 0.15) is 11.5 Å². The van der Waals surface area contributed by atoms with Crippen LogP contribution in [0.3, 0.4) is 0 Å². The second-order valence-electron chi connectivity index (χ2n) is 2.74. The van der Waals surface area contributed by atoms with Gasteiger partial charge in [-0.3, -0.25) is 0 Å². The fraction of sp³-hybridized carbons (Fsp3) is 0. The van der Waals surface area contributed by atoms with Crippen molar-refractivity contribution in [1.29, 1.82) is 10.5 Å². The van der Waals surface area contributed by atoms with Crippen LogP contribution in [0.15, 0.2) is 18.5 Å². The topological polar surface area (TPSA) is 91.2 Å². The molecule has 0 aliphatic carbocycles. The summed E-state index contributed by atoms with van der Waals surface area (Å²) in [7, 11) is 0. The minimum Gasteiger partial charge on any atom is -0.216 e. The van der Waals surface area contributed by atoms with Gasteiger partial charge < -0.3 is 0 Å². The van der Waals surface area contributed by atoms with E-state index in [1.807, 2.05) is 6.07 Å². The Morgan fingerprint density at radius 2 is 2.06 bits per heavy atom. The molecular formula is C9H3ClN6. The van der Waals surface area contributed by atoms with Crippen molar-refractivity contribution in [1.82, 2.24) is 19.7 Å². The zero-order valence-corrected chi connectivity index (χ0v) is 8.55. The first-order valence-electron chi connectivity index (χ1n) is 4.13. The maximum atomic E-state index is 8.75. The van der Waals surface area contributed by atoms with Crippen molar-refractivity contribution in [3.63, 3.8) is 0 Å². The predicted molar refractivity (Wildman–Crippen MR) is 53.6 cm³/mol. The van der Waals surface area contributed by atoms with Crippen LogP contribution < -0.4 is 0 Å². The third kappa shape index (κ3) is 1.70. The highest BCUT2D eigenvalue weighted by Crippen LogP contribution is 2.14. The van der Waals surface area contributed by atoms with Gasteiger partial charge in [-0.15, -0.1) is 5.10 Å². The molecule has 0 aliphatic rings. The van der Waals surface area contributed by atoms with E-state index in [1.165, 1.54) is 17.1 Å². The molecule has 16 heavy (non-hydrogen) atoms. The van der Waals surface area contributed by atoms with E-state index in [-0.39, 0.29) is 16.5 Å². The Morgan fingerprint density at radius 1 is 1.25 bits per heavy atom. The van der Waals surface area contributed by atoms with Gasteiger partial charge in [-0.25, -0.2) is 14.6 Å². The Labute approximate surface area is 95.4 Å². The zero-order valence-electron chi connectivity index (χ0n) is 7.79. The number of nitriles is 2. The third-order valence-corrected chi connectivity index (χ3v) is 2.07. The van der Waals surface area contributed by atoms with Crippen molar-refractivity contribution in [2.75, 3.05) is 0 Å². The molecule has 0 bridgehead atoms. The molecule has 7 heteroatoms. The molecule has 2 aromatic heterocycles. The Balaban J connectivity index is 2.50. The monoisotopic (exact) mass is 230 g/mol. The minimum absolute atomic E-state index is 0.0373. The molecule has 0 fully saturated rings. The molecule has 2 aromatic rings. The van der Waals surface area contributed by atoms with Crippen molar-refractivity contribution in [2.24, 2.45) is 0 Å². The van der Waals surface area contributed by atoms with E-state index in [2.05, 4.69) is 15.1 Å². The minimum atomic E-state index is 0.0373. The molecule has 0 radical (unpaired) electrons. The van der Waals surface area contributed by atoms with Crippen molar-refractivity contribution in [2.45, 2.75) is 0 Å². The molecule has 0 saturated heterocycles. The van der Waals surface area contributed by atoms with E-state index in [0.29, 0.717) is 5.82 Å². The van der Waals surface area contributed by atoms with Gasteiger partial charge in [0.25, 0.3) is 5.82 Å². The quantitative estimate of drug-likeness (QED) is 0.730. The second-order valence-corrected chi connectivity index (χ2v) is 3.14. The average molecular weight is 231 g/mol. The number of rotatable bonds is 1. The van der Waals surface area contributed by atoms with Crippen molar-refractivity contribution in [3.8, 4) is 18.0 Å². The van der Waals surface area contributed by atoms with E-state index in [9.17, 15) is 0 Å². The molecule has 0 aliphatic heterocycles. The highest BCUT2D eigenvalue weighted by molar-refractivity contribution is 6.31. The lowest BCUT2D eigenvalue weighted by Gasteiger charge is -1.99. The van der Waals surface area contributed by atoms with Gasteiger partial charge in [-0.2, -0.15) is 10.5 Å². The first-order valence-corrected chi connectivity index (χ1v) is 4.51. The summed E-state index contributed by atoms with van der Waals surface area (Å²) in [5, 5.41) is 21.4. The summed E-state index contributed by atoms with van der Waals surface area (Å²) >= 11 is 5.73. The number of halogens is 1. The van der Waals surface area contributed by atoms with Gasteiger partial charge in [0.1, 0.15) is 18.5 Å². The first kappa shape index (κ1) is 10.1. The van der Waals surface area contributed by atoms with Crippen molar-refractivity contribution in [3.05, 3.63) is 35.0 Å². The van der Waals surface area contributed by atoms with E-state index in [4.69, 9.17) is 22.1 Å². The lowest BCUT2D eigenvalue weighted by atomic mass is 10.3. The van der Waals surface area contributed by atoms with Gasteiger partial charge in [0, 0.05) is 0 Å².